The number of nitriles is 1. The fraction of sp³-hybridized carbons (Fsp3) is 0.565. The van der Waals surface area contributed by atoms with Gasteiger partial charge in [0.25, 0.3) is 5.91 Å². The van der Waals surface area contributed by atoms with Crippen LogP contribution in [0.25, 0.3) is 6.08 Å². The maximum Gasteiger partial charge on any atom is 0.262 e. The first kappa shape index (κ1) is 25.1. The van der Waals surface area contributed by atoms with Crippen molar-refractivity contribution in [3.63, 3.8) is 0 Å². The van der Waals surface area contributed by atoms with Crippen LogP contribution in [0.4, 0.5) is 5.69 Å². The van der Waals surface area contributed by atoms with Gasteiger partial charge in [-0.3, -0.25) is 9.69 Å². The Hall–Kier alpha value is -2.52. The third kappa shape index (κ3) is 6.98. The van der Waals surface area contributed by atoms with Gasteiger partial charge in [-0.05, 0) is 30.7 Å². The average molecular weight is 461 g/mol. The quantitative estimate of drug-likeness (QED) is 0.251. The molecule has 5 atom stereocenters. The first-order valence-electron chi connectivity index (χ1n) is 11.1. The van der Waals surface area contributed by atoms with E-state index in [9.17, 15) is 25.4 Å². The first-order valence-corrected chi connectivity index (χ1v) is 11.1. The highest BCUT2D eigenvalue weighted by Gasteiger charge is 2.41. The lowest BCUT2D eigenvalue weighted by molar-refractivity contribution is -0.215. The molecule has 2 fully saturated rings. The topological polar surface area (TPSA) is 147 Å². The summed E-state index contributed by atoms with van der Waals surface area (Å²) in [5.41, 5.74) is 1.55. The molecule has 10 heteroatoms. The molecule has 1 unspecified atom stereocenters. The average Bonchev–Trinajstić information content (AvgIpc) is 2.84. The van der Waals surface area contributed by atoms with Crippen molar-refractivity contribution in [1.82, 2.24) is 10.2 Å². The molecule has 2 aliphatic heterocycles. The Labute approximate surface area is 193 Å². The van der Waals surface area contributed by atoms with Gasteiger partial charge in [0.2, 0.25) is 0 Å². The highest BCUT2D eigenvalue weighted by molar-refractivity contribution is 6.01. The second-order valence-corrected chi connectivity index (χ2v) is 8.23. The van der Waals surface area contributed by atoms with Gasteiger partial charge in [-0.2, -0.15) is 5.26 Å². The van der Waals surface area contributed by atoms with Crippen LogP contribution in [0.5, 0.6) is 0 Å². The first-order chi connectivity index (χ1) is 15.9. The molecule has 5 N–H and O–H groups in total. The van der Waals surface area contributed by atoms with Gasteiger partial charge >= 0.3 is 0 Å². The van der Waals surface area contributed by atoms with E-state index >= 15 is 0 Å². The van der Waals surface area contributed by atoms with Gasteiger partial charge in [-0.15, -0.1) is 0 Å². The highest BCUT2D eigenvalue weighted by Crippen LogP contribution is 2.20. The summed E-state index contributed by atoms with van der Waals surface area (Å²) in [5.74, 6) is -0.616. The van der Waals surface area contributed by atoms with Crippen molar-refractivity contribution < 1.29 is 29.6 Å². The van der Waals surface area contributed by atoms with Crippen molar-refractivity contribution in [2.24, 2.45) is 0 Å². The Balaban J connectivity index is 1.49. The van der Waals surface area contributed by atoms with E-state index in [1.165, 1.54) is 6.08 Å². The highest BCUT2D eigenvalue weighted by atomic mass is 16.5. The monoisotopic (exact) mass is 460 g/mol. The number of benzene rings is 1. The summed E-state index contributed by atoms with van der Waals surface area (Å²) in [6.07, 6.45) is -4.05. The van der Waals surface area contributed by atoms with Gasteiger partial charge in [-0.1, -0.05) is 12.1 Å². The summed E-state index contributed by atoms with van der Waals surface area (Å²) in [5, 5.41) is 45.0. The van der Waals surface area contributed by atoms with Gasteiger partial charge in [0.15, 0.2) is 0 Å². The number of ether oxygens (including phenoxy) is 2. The molecule has 2 heterocycles. The molecule has 0 radical (unpaired) electrons. The van der Waals surface area contributed by atoms with Crippen LogP contribution in [0, 0.1) is 11.3 Å². The van der Waals surface area contributed by atoms with Crippen LogP contribution in [0.2, 0.25) is 0 Å². The van der Waals surface area contributed by atoms with Gasteiger partial charge in [0, 0.05) is 38.4 Å². The number of rotatable bonds is 8. The van der Waals surface area contributed by atoms with E-state index in [1.807, 2.05) is 30.3 Å². The molecular weight excluding hydrogens is 428 g/mol. The molecule has 0 bridgehead atoms. The van der Waals surface area contributed by atoms with Crippen LogP contribution in [-0.2, 0) is 14.3 Å². The van der Waals surface area contributed by atoms with Crippen LogP contribution in [0.3, 0.4) is 0 Å². The lowest BCUT2D eigenvalue weighted by Crippen LogP contribution is -2.59. The molecule has 0 aliphatic carbocycles. The number of amides is 1. The fourth-order valence-electron chi connectivity index (χ4n) is 3.79. The molecule has 1 amide bonds. The van der Waals surface area contributed by atoms with Crippen molar-refractivity contribution in [3.05, 3.63) is 35.4 Å². The predicted molar refractivity (Wildman–Crippen MR) is 121 cm³/mol. The molecule has 180 valence electrons. The standard InChI is InChI=1S/C23H32N4O6/c1-15-20(28)22(30)21(29)19(33-15)14-26-23(31)17(13-24)12-16-2-4-18(5-3-16)25-6-7-27-8-10-32-11-9-27/h2-5,12,15,19-22,25,28-30H,6-11,14H2,1H3,(H,26,31)/b17-12+/t15?,19-,20+,21-,22-/m1/s1. The normalized spacial score (nSPS) is 28.7. The zero-order valence-electron chi connectivity index (χ0n) is 18.7. The van der Waals surface area contributed by atoms with Crippen LogP contribution in [0.1, 0.15) is 12.5 Å². The molecule has 0 saturated carbocycles. The summed E-state index contributed by atoms with van der Waals surface area (Å²) < 4.78 is 10.8. The van der Waals surface area contributed by atoms with E-state index in [0.29, 0.717) is 5.56 Å². The zero-order valence-corrected chi connectivity index (χ0v) is 18.7. The number of nitrogens with one attached hydrogen (secondary N) is 2. The van der Waals surface area contributed by atoms with Gasteiger partial charge < -0.3 is 35.4 Å². The molecule has 2 aliphatic rings. The molecule has 0 aromatic heterocycles. The Morgan fingerprint density at radius 1 is 1.18 bits per heavy atom. The maximum absolute atomic E-state index is 12.4. The third-order valence-electron chi connectivity index (χ3n) is 5.86. The summed E-state index contributed by atoms with van der Waals surface area (Å²) >= 11 is 0. The lowest BCUT2D eigenvalue weighted by atomic mass is 9.95. The number of nitrogens with zero attached hydrogens (tertiary/aromatic N) is 2. The molecule has 2 saturated heterocycles. The molecule has 0 spiro atoms. The van der Waals surface area contributed by atoms with E-state index < -0.39 is 36.4 Å². The summed E-state index contributed by atoms with van der Waals surface area (Å²) in [6.45, 7) is 6.62. The predicted octanol–water partition coefficient (Wildman–Crippen LogP) is -0.676. The number of morpholine rings is 1. The van der Waals surface area contributed by atoms with E-state index in [4.69, 9.17) is 9.47 Å². The second-order valence-electron chi connectivity index (χ2n) is 8.23. The number of aliphatic hydroxyl groups excluding tert-OH is 3. The van der Waals surface area contributed by atoms with Crippen LogP contribution in [-0.4, -0.2) is 103 Å². The number of carbonyl (C=O) groups is 1. The van der Waals surface area contributed by atoms with Crippen molar-refractivity contribution in [1.29, 1.82) is 5.26 Å². The van der Waals surface area contributed by atoms with Crippen molar-refractivity contribution in [2.75, 3.05) is 51.3 Å². The number of hydrogen-bond acceptors (Lipinski definition) is 9. The third-order valence-corrected chi connectivity index (χ3v) is 5.86. The molecule has 10 nitrogen and oxygen atoms in total. The Bertz CT molecular complexity index is 850. The summed E-state index contributed by atoms with van der Waals surface area (Å²) in [7, 11) is 0. The minimum absolute atomic E-state index is 0.0954. The summed E-state index contributed by atoms with van der Waals surface area (Å²) in [4.78, 5) is 14.8. The van der Waals surface area contributed by atoms with Gasteiger partial charge in [0.1, 0.15) is 36.1 Å². The number of anilines is 1. The van der Waals surface area contributed by atoms with Crippen molar-refractivity contribution >= 4 is 17.7 Å². The minimum Gasteiger partial charge on any atom is -0.388 e. The summed E-state index contributed by atoms with van der Waals surface area (Å²) in [6, 6.07) is 9.29. The molecule has 1 aromatic rings. The molecule has 3 rings (SSSR count). The largest absolute Gasteiger partial charge is 0.388 e. The minimum atomic E-state index is -1.37. The van der Waals surface area contributed by atoms with E-state index in [-0.39, 0.29) is 12.1 Å². The maximum atomic E-state index is 12.4. The Morgan fingerprint density at radius 3 is 2.55 bits per heavy atom. The van der Waals surface area contributed by atoms with Crippen LogP contribution < -0.4 is 10.6 Å². The molecular formula is C23H32N4O6. The van der Waals surface area contributed by atoms with E-state index in [1.54, 1.807) is 6.92 Å². The van der Waals surface area contributed by atoms with E-state index in [2.05, 4.69) is 15.5 Å². The second kappa shape index (κ2) is 12.1. The van der Waals surface area contributed by atoms with Gasteiger partial charge in [0.05, 0.1) is 19.3 Å². The Kier molecular flexibility index (Phi) is 9.20. The molecule has 1 aromatic carbocycles. The lowest BCUT2D eigenvalue weighted by Gasteiger charge is -2.39. The van der Waals surface area contributed by atoms with Crippen LogP contribution in [0.15, 0.2) is 29.8 Å². The SMILES string of the molecule is CC1O[C@H](CNC(=O)/C(C#N)=C/c2ccc(NCCN3CCOCC3)cc2)[C@@H](O)[C@H](O)[C@H]1O. The fourth-order valence-corrected chi connectivity index (χ4v) is 3.79. The van der Waals surface area contributed by atoms with Gasteiger partial charge in [-0.25, -0.2) is 0 Å². The van der Waals surface area contributed by atoms with Crippen molar-refractivity contribution in [2.45, 2.75) is 37.4 Å². The van der Waals surface area contributed by atoms with Crippen molar-refractivity contribution in [3.8, 4) is 6.07 Å². The smallest absolute Gasteiger partial charge is 0.262 e. The number of hydrogen-bond donors (Lipinski definition) is 5. The number of aliphatic hydroxyl groups is 3. The van der Waals surface area contributed by atoms with Crippen LogP contribution >= 0.6 is 0 Å². The number of carbonyl (C=O) groups excluding carboxylic acids is 1. The Morgan fingerprint density at radius 2 is 1.88 bits per heavy atom. The van der Waals surface area contributed by atoms with E-state index in [0.717, 1.165) is 45.1 Å². The zero-order chi connectivity index (χ0) is 23.8. The molecule has 33 heavy (non-hydrogen) atoms.